The van der Waals surface area contributed by atoms with Gasteiger partial charge < -0.3 is 10.4 Å². The summed E-state index contributed by atoms with van der Waals surface area (Å²) in [5.74, 6) is -1.58. The number of hydrogen-bond donors (Lipinski definition) is 2. The number of carbonyl (C=O) groups excluding carboxylic acids is 1. The molecular formula is C15H18N4O3. The lowest BCUT2D eigenvalue weighted by Gasteiger charge is -2.12. The van der Waals surface area contributed by atoms with Gasteiger partial charge in [-0.3, -0.25) is 4.79 Å². The van der Waals surface area contributed by atoms with E-state index in [4.69, 9.17) is 5.11 Å². The van der Waals surface area contributed by atoms with Crippen molar-refractivity contribution < 1.29 is 14.7 Å². The minimum atomic E-state index is -1.05. The smallest absolute Gasteiger partial charge is 0.326 e. The van der Waals surface area contributed by atoms with Crippen LogP contribution in [-0.4, -0.2) is 38.0 Å². The Morgan fingerprint density at radius 2 is 2.00 bits per heavy atom. The fourth-order valence-electron chi connectivity index (χ4n) is 2.13. The SMILES string of the molecule is CCCC(NC(=O)c1nnn(-c2ccccc2)c1C)C(=O)O. The molecule has 0 saturated heterocycles. The highest BCUT2D eigenvalue weighted by molar-refractivity contribution is 5.95. The van der Waals surface area contributed by atoms with Crippen molar-refractivity contribution in [2.45, 2.75) is 32.7 Å². The molecule has 0 radical (unpaired) electrons. The molecule has 7 nitrogen and oxygen atoms in total. The van der Waals surface area contributed by atoms with Crippen molar-refractivity contribution >= 4 is 11.9 Å². The van der Waals surface area contributed by atoms with Crippen molar-refractivity contribution in [2.75, 3.05) is 0 Å². The first-order valence-electron chi connectivity index (χ1n) is 7.06. The molecule has 2 rings (SSSR count). The van der Waals surface area contributed by atoms with E-state index < -0.39 is 17.9 Å². The highest BCUT2D eigenvalue weighted by Gasteiger charge is 2.23. The molecule has 1 aromatic carbocycles. The second-order valence-corrected chi connectivity index (χ2v) is 4.92. The molecule has 0 aliphatic rings. The summed E-state index contributed by atoms with van der Waals surface area (Å²) in [6.07, 6.45) is 1.03. The summed E-state index contributed by atoms with van der Waals surface area (Å²) >= 11 is 0. The number of aromatic nitrogens is 3. The zero-order chi connectivity index (χ0) is 16.1. The van der Waals surface area contributed by atoms with E-state index in [-0.39, 0.29) is 5.69 Å². The number of para-hydroxylation sites is 1. The number of nitrogens with zero attached hydrogens (tertiary/aromatic N) is 3. The molecule has 0 bridgehead atoms. The molecule has 2 aromatic rings. The van der Waals surface area contributed by atoms with Gasteiger partial charge in [-0.05, 0) is 25.5 Å². The van der Waals surface area contributed by atoms with Crippen LogP contribution in [0.1, 0.15) is 35.9 Å². The molecule has 1 amide bonds. The van der Waals surface area contributed by atoms with Crippen LogP contribution in [0, 0.1) is 6.92 Å². The van der Waals surface area contributed by atoms with Crippen LogP contribution in [0.5, 0.6) is 0 Å². The topological polar surface area (TPSA) is 97.1 Å². The Balaban J connectivity index is 2.21. The van der Waals surface area contributed by atoms with E-state index in [1.807, 2.05) is 37.3 Å². The minimum Gasteiger partial charge on any atom is -0.480 e. The quantitative estimate of drug-likeness (QED) is 0.844. The van der Waals surface area contributed by atoms with Crippen LogP contribution in [0.2, 0.25) is 0 Å². The number of carbonyl (C=O) groups is 2. The van der Waals surface area contributed by atoms with Gasteiger partial charge in [0.05, 0.1) is 11.4 Å². The first-order valence-corrected chi connectivity index (χ1v) is 7.06. The first-order chi connectivity index (χ1) is 10.5. The zero-order valence-corrected chi connectivity index (χ0v) is 12.5. The van der Waals surface area contributed by atoms with Crippen LogP contribution in [0.3, 0.4) is 0 Å². The number of hydrogen-bond acceptors (Lipinski definition) is 4. The molecule has 0 aliphatic heterocycles. The molecule has 22 heavy (non-hydrogen) atoms. The maximum atomic E-state index is 12.2. The van der Waals surface area contributed by atoms with Gasteiger partial charge in [-0.1, -0.05) is 36.8 Å². The molecule has 1 aromatic heterocycles. The predicted molar refractivity (Wildman–Crippen MR) is 79.9 cm³/mol. The number of carboxylic acid groups (broad SMARTS) is 1. The van der Waals surface area contributed by atoms with Crippen LogP contribution >= 0.6 is 0 Å². The van der Waals surface area contributed by atoms with E-state index in [9.17, 15) is 9.59 Å². The number of amides is 1. The van der Waals surface area contributed by atoms with Crippen molar-refractivity contribution in [3.63, 3.8) is 0 Å². The third-order valence-electron chi connectivity index (χ3n) is 3.29. The van der Waals surface area contributed by atoms with Gasteiger partial charge in [-0.15, -0.1) is 5.10 Å². The van der Waals surface area contributed by atoms with E-state index in [2.05, 4.69) is 15.6 Å². The summed E-state index contributed by atoms with van der Waals surface area (Å²) in [5.41, 5.74) is 1.48. The first kappa shape index (κ1) is 15.7. The van der Waals surface area contributed by atoms with Crippen LogP contribution in [0.25, 0.3) is 5.69 Å². The second kappa shape index (κ2) is 6.84. The summed E-state index contributed by atoms with van der Waals surface area (Å²) in [4.78, 5) is 23.3. The molecule has 0 saturated carbocycles. The molecule has 7 heteroatoms. The van der Waals surface area contributed by atoms with Gasteiger partial charge >= 0.3 is 5.97 Å². The molecular weight excluding hydrogens is 284 g/mol. The van der Waals surface area contributed by atoms with Crippen molar-refractivity contribution in [2.24, 2.45) is 0 Å². The average molecular weight is 302 g/mol. The van der Waals surface area contributed by atoms with E-state index in [0.717, 1.165) is 5.69 Å². The highest BCUT2D eigenvalue weighted by Crippen LogP contribution is 2.12. The molecule has 2 N–H and O–H groups in total. The largest absolute Gasteiger partial charge is 0.480 e. The van der Waals surface area contributed by atoms with Gasteiger partial charge in [0.2, 0.25) is 0 Å². The summed E-state index contributed by atoms with van der Waals surface area (Å²) in [7, 11) is 0. The predicted octanol–water partition coefficient (Wildman–Crippen LogP) is 1.56. The van der Waals surface area contributed by atoms with Gasteiger partial charge in [0, 0.05) is 0 Å². The van der Waals surface area contributed by atoms with Crippen LogP contribution in [0.15, 0.2) is 30.3 Å². The number of aliphatic carboxylic acids is 1. The normalized spacial score (nSPS) is 11.9. The number of nitrogens with one attached hydrogen (secondary N) is 1. The van der Waals surface area contributed by atoms with Gasteiger partial charge in [0.15, 0.2) is 5.69 Å². The maximum absolute atomic E-state index is 12.2. The number of carboxylic acids is 1. The summed E-state index contributed by atoms with van der Waals surface area (Å²) in [6, 6.07) is 8.38. The van der Waals surface area contributed by atoms with E-state index in [1.54, 1.807) is 11.6 Å². The fourth-order valence-corrected chi connectivity index (χ4v) is 2.13. The van der Waals surface area contributed by atoms with Gasteiger partial charge in [0.1, 0.15) is 6.04 Å². The van der Waals surface area contributed by atoms with Gasteiger partial charge in [-0.2, -0.15) is 0 Å². The van der Waals surface area contributed by atoms with Gasteiger partial charge in [0.25, 0.3) is 5.91 Å². The Kier molecular flexibility index (Phi) is 4.88. The zero-order valence-electron chi connectivity index (χ0n) is 12.5. The third-order valence-corrected chi connectivity index (χ3v) is 3.29. The molecule has 1 atom stereocenters. The van der Waals surface area contributed by atoms with Crippen LogP contribution in [0.4, 0.5) is 0 Å². The molecule has 116 valence electrons. The van der Waals surface area contributed by atoms with Crippen molar-refractivity contribution in [3.8, 4) is 5.69 Å². The lowest BCUT2D eigenvalue weighted by molar-refractivity contribution is -0.139. The summed E-state index contributed by atoms with van der Waals surface area (Å²) < 4.78 is 1.55. The molecule has 0 fully saturated rings. The van der Waals surface area contributed by atoms with Crippen molar-refractivity contribution in [3.05, 3.63) is 41.7 Å². The Bertz CT molecular complexity index is 667. The Morgan fingerprint density at radius 1 is 1.32 bits per heavy atom. The lowest BCUT2D eigenvalue weighted by Crippen LogP contribution is -2.41. The van der Waals surface area contributed by atoms with Crippen molar-refractivity contribution in [1.29, 1.82) is 0 Å². The molecule has 1 unspecified atom stereocenters. The Hall–Kier alpha value is -2.70. The van der Waals surface area contributed by atoms with Crippen LogP contribution < -0.4 is 5.32 Å². The second-order valence-electron chi connectivity index (χ2n) is 4.92. The number of rotatable bonds is 6. The average Bonchev–Trinajstić information content (AvgIpc) is 2.89. The lowest BCUT2D eigenvalue weighted by atomic mass is 10.1. The van der Waals surface area contributed by atoms with Gasteiger partial charge in [-0.25, -0.2) is 9.48 Å². The minimum absolute atomic E-state index is 0.131. The number of benzene rings is 1. The monoisotopic (exact) mass is 302 g/mol. The van der Waals surface area contributed by atoms with Crippen molar-refractivity contribution in [1.82, 2.24) is 20.3 Å². The van der Waals surface area contributed by atoms with E-state index >= 15 is 0 Å². The van der Waals surface area contributed by atoms with Crippen LogP contribution in [-0.2, 0) is 4.79 Å². The molecule has 0 aliphatic carbocycles. The summed E-state index contributed by atoms with van der Waals surface area (Å²) in [6.45, 7) is 3.58. The maximum Gasteiger partial charge on any atom is 0.326 e. The van der Waals surface area contributed by atoms with E-state index in [1.165, 1.54) is 0 Å². The summed E-state index contributed by atoms with van der Waals surface area (Å²) in [5, 5.41) is 19.4. The Morgan fingerprint density at radius 3 is 2.59 bits per heavy atom. The Labute approximate surface area is 128 Å². The molecule has 1 heterocycles. The standard InChI is InChI=1S/C15H18N4O3/c1-3-7-12(15(21)22)16-14(20)13-10(2)19(18-17-13)11-8-5-4-6-9-11/h4-6,8-9,12H,3,7H2,1-2H3,(H,16,20)(H,21,22). The highest BCUT2D eigenvalue weighted by atomic mass is 16.4. The third kappa shape index (κ3) is 3.30. The molecule has 0 spiro atoms. The fraction of sp³-hybridized carbons (Fsp3) is 0.333. The van der Waals surface area contributed by atoms with E-state index in [0.29, 0.717) is 18.5 Å².